The molecule has 0 spiro atoms. The van der Waals surface area contributed by atoms with E-state index in [1.807, 2.05) is 37.4 Å². The number of hydrogen-bond acceptors (Lipinski definition) is 3. The molecular formula is C14H14BrClN2O. The van der Waals surface area contributed by atoms with E-state index in [1.165, 1.54) is 0 Å². The van der Waals surface area contributed by atoms with Crippen LogP contribution in [0.2, 0.25) is 5.02 Å². The molecule has 5 heteroatoms. The van der Waals surface area contributed by atoms with E-state index in [2.05, 4.69) is 26.2 Å². The lowest BCUT2D eigenvalue weighted by molar-refractivity contribution is 0.293. The minimum absolute atomic E-state index is 0.430. The Labute approximate surface area is 126 Å². The fourth-order valence-electron chi connectivity index (χ4n) is 1.63. The van der Waals surface area contributed by atoms with Gasteiger partial charge in [-0.25, -0.2) is 4.98 Å². The van der Waals surface area contributed by atoms with Gasteiger partial charge in [0.15, 0.2) is 0 Å². The van der Waals surface area contributed by atoms with Crippen LogP contribution in [-0.4, -0.2) is 12.0 Å². The largest absolute Gasteiger partial charge is 0.472 e. The van der Waals surface area contributed by atoms with Crippen LogP contribution in [0.5, 0.6) is 5.88 Å². The van der Waals surface area contributed by atoms with Crippen molar-refractivity contribution in [2.24, 2.45) is 0 Å². The van der Waals surface area contributed by atoms with E-state index < -0.39 is 0 Å². The van der Waals surface area contributed by atoms with E-state index in [0.29, 0.717) is 17.5 Å². The summed E-state index contributed by atoms with van der Waals surface area (Å²) in [6, 6.07) is 9.76. The Bertz CT molecular complexity index is 563. The molecule has 0 radical (unpaired) electrons. The fourth-order valence-corrected chi connectivity index (χ4v) is 2.28. The van der Waals surface area contributed by atoms with Gasteiger partial charge in [-0.2, -0.15) is 0 Å². The van der Waals surface area contributed by atoms with Crippen LogP contribution in [0.25, 0.3) is 0 Å². The zero-order valence-electron chi connectivity index (χ0n) is 10.5. The predicted octanol–water partition coefficient (Wildman–Crippen LogP) is 3.80. The Morgan fingerprint density at radius 2 is 2.16 bits per heavy atom. The standard InChI is InChI=1S/C14H14BrClN2O/c1-17-7-10-6-13(16)14(18-8-10)19-9-11-4-2-3-5-12(11)15/h2-6,8,17H,7,9H2,1H3. The first-order valence-electron chi connectivity index (χ1n) is 5.86. The number of rotatable bonds is 5. The normalized spacial score (nSPS) is 10.5. The Kier molecular flexibility index (Phi) is 5.19. The minimum Gasteiger partial charge on any atom is -0.472 e. The first-order valence-corrected chi connectivity index (χ1v) is 7.03. The third kappa shape index (κ3) is 3.93. The average molecular weight is 342 g/mol. The van der Waals surface area contributed by atoms with Crippen molar-refractivity contribution in [1.82, 2.24) is 10.3 Å². The van der Waals surface area contributed by atoms with E-state index in [0.717, 1.165) is 22.1 Å². The molecule has 0 aliphatic rings. The highest BCUT2D eigenvalue weighted by Gasteiger charge is 2.06. The summed E-state index contributed by atoms with van der Waals surface area (Å²) in [4.78, 5) is 4.23. The number of halogens is 2. The zero-order valence-corrected chi connectivity index (χ0v) is 12.8. The molecule has 0 fully saturated rings. The third-order valence-electron chi connectivity index (χ3n) is 2.57. The summed E-state index contributed by atoms with van der Waals surface area (Å²) in [5.74, 6) is 0.456. The summed E-state index contributed by atoms with van der Waals surface area (Å²) < 4.78 is 6.66. The molecule has 100 valence electrons. The molecule has 2 aromatic rings. The summed E-state index contributed by atoms with van der Waals surface area (Å²) in [5, 5.41) is 3.58. The molecule has 0 amide bonds. The number of nitrogens with one attached hydrogen (secondary N) is 1. The molecule has 1 N–H and O–H groups in total. The van der Waals surface area contributed by atoms with Crippen LogP contribution in [0.1, 0.15) is 11.1 Å². The average Bonchev–Trinajstić information content (AvgIpc) is 2.40. The summed E-state index contributed by atoms with van der Waals surface area (Å²) in [5.41, 5.74) is 2.08. The first-order chi connectivity index (χ1) is 9.20. The summed E-state index contributed by atoms with van der Waals surface area (Å²) in [7, 11) is 1.88. The number of aromatic nitrogens is 1. The maximum Gasteiger partial charge on any atom is 0.232 e. The van der Waals surface area contributed by atoms with Crippen molar-refractivity contribution < 1.29 is 4.74 Å². The highest BCUT2D eigenvalue weighted by atomic mass is 79.9. The molecule has 0 bridgehead atoms. The Morgan fingerprint density at radius 3 is 2.84 bits per heavy atom. The molecule has 0 unspecified atom stereocenters. The number of ether oxygens (including phenoxy) is 1. The molecule has 0 saturated heterocycles. The third-order valence-corrected chi connectivity index (χ3v) is 3.61. The van der Waals surface area contributed by atoms with Crippen molar-refractivity contribution in [1.29, 1.82) is 0 Å². The number of benzene rings is 1. The fraction of sp³-hybridized carbons (Fsp3) is 0.214. The molecule has 19 heavy (non-hydrogen) atoms. The van der Waals surface area contributed by atoms with E-state index in [1.54, 1.807) is 6.20 Å². The van der Waals surface area contributed by atoms with Crippen molar-refractivity contribution in [3.8, 4) is 5.88 Å². The predicted molar refractivity (Wildman–Crippen MR) is 80.5 cm³/mol. The topological polar surface area (TPSA) is 34.2 Å². The van der Waals surface area contributed by atoms with Gasteiger partial charge in [0.05, 0.1) is 0 Å². The van der Waals surface area contributed by atoms with Crippen LogP contribution >= 0.6 is 27.5 Å². The number of nitrogens with zero attached hydrogens (tertiary/aromatic N) is 1. The molecule has 2 rings (SSSR count). The van der Waals surface area contributed by atoms with Gasteiger partial charge in [-0.3, -0.25) is 0 Å². The second-order valence-electron chi connectivity index (χ2n) is 4.04. The van der Waals surface area contributed by atoms with Gasteiger partial charge in [-0.1, -0.05) is 45.7 Å². The van der Waals surface area contributed by atoms with Crippen molar-refractivity contribution in [3.05, 3.63) is 57.2 Å². The van der Waals surface area contributed by atoms with Crippen LogP contribution in [0, 0.1) is 0 Å². The summed E-state index contributed by atoms with van der Waals surface area (Å²) >= 11 is 9.62. The highest BCUT2D eigenvalue weighted by Crippen LogP contribution is 2.24. The SMILES string of the molecule is CNCc1cnc(OCc2ccccc2Br)c(Cl)c1. The monoisotopic (exact) mass is 340 g/mol. The lowest BCUT2D eigenvalue weighted by atomic mass is 10.2. The van der Waals surface area contributed by atoms with Crippen LogP contribution in [0.15, 0.2) is 41.0 Å². The second kappa shape index (κ2) is 6.89. The number of pyridine rings is 1. The van der Waals surface area contributed by atoms with Gasteiger partial charge in [-0.05, 0) is 24.7 Å². The molecule has 1 heterocycles. The molecule has 1 aromatic carbocycles. The van der Waals surface area contributed by atoms with Crippen molar-refractivity contribution >= 4 is 27.5 Å². The van der Waals surface area contributed by atoms with Crippen molar-refractivity contribution in [3.63, 3.8) is 0 Å². The molecule has 1 aromatic heterocycles. The smallest absolute Gasteiger partial charge is 0.232 e. The zero-order chi connectivity index (χ0) is 13.7. The van der Waals surface area contributed by atoms with Gasteiger partial charge in [0.25, 0.3) is 0 Å². The van der Waals surface area contributed by atoms with Crippen LogP contribution in [0.4, 0.5) is 0 Å². The second-order valence-corrected chi connectivity index (χ2v) is 5.30. The van der Waals surface area contributed by atoms with Gasteiger partial charge in [0.2, 0.25) is 5.88 Å². The van der Waals surface area contributed by atoms with Gasteiger partial charge in [0, 0.05) is 22.8 Å². The Morgan fingerprint density at radius 1 is 1.37 bits per heavy atom. The van der Waals surface area contributed by atoms with Gasteiger partial charge in [-0.15, -0.1) is 0 Å². The van der Waals surface area contributed by atoms with Crippen LogP contribution in [0.3, 0.4) is 0 Å². The van der Waals surface area contributed by atoms with Gasteiger partial charge >= 0.3 is 0 Å². The maximum absolute atomic E-state index is 6.14. The molecule has 0 atom stereocenters. The van der Waals surface area contributed by atoms with Crippen LogP contribution < -0.4 is 10.1 Å². The Hall–Kier alpha value is -1.10. The lowest BCUT2D eigenvalue weighted by Gasteiger charge is -2.09. The highest BCUT2D eigenvalue weighted by molar-refractivity contribution is 9.10. The van der Waals surface area contributed by atoms with E-state index in [-0.39, 0.29) is 0 Å². The molecular weight excluding hydrogens is 328 g/mol. The molecule has 0 aliphatic heterocycles. The number of hydrogen-bond donors (Lipinski definition) is 1. The first kappa shape index (κ1) is 14.3. The molecule has 0 saturated carbocycles. The van der Waals surface area contributed by atoms with Crippen LogP contribution in [-0.2, 0) is 13.2 Å². The lowest BCUT2D eigenvalue weighted by Crippen LogP contribution is -2.06. The minimum atomic E-state index is 0.430. The van der Waals surface area contributed by atoms with Crippen molar-refractivity contribution in [2.75, 3.05) is 7.05 Å². The summed E-state index contributed by atoms with van der Waals surface area (Å²) in [6.07, 6.45) is 1.76. The molecule has 0 aliphatic carbocycles. The Balaban J connectivity index is 2.06. The van der Waals surface area contributed by atoms with Gasteiger partial charge in [0.1, 0.15) is 11.6 Å². The quantitative estimate of drug-likeness (QED) is 0.898. The molecule has 3 nitrogen and oxygen atoms in total. The maximum atomic E-state index is 6.14. The van der Waals surface area contributed by atoms with E-state index in [4.69, 9.17) is 16.3 Å². The van der Waals surface area contributed by atoms with E-state index >= 15 is 0 Å². The van der Waals surface area contributed by atoms with E-state index in [9.17, 15) is 0 Å². The summed E-state index contributed by atoms with van der Waals surface area (Å²) in [6.45, 7) is 1.16. The van der Waals surface area contributed by atoms with Gasteiger partial charge < -0.3 is 10.1 Å². The van der Waals surface area contributed by atoms with Crippen molar-refractivity contribution in [2.45, 2.75) is 13.2 Å².